The van der Waals surface area contributed by atoms with Gasteiger partial charge in [-0.1, -0.05) is 32.0 Å². The first-order valence-corrected chi connectivity index (χ1v) is 7.87. The maximum atomic E-state index is 6.08. The highest BCUT2D eigenvalue weighted by molar-refractivity contribution is 5.33. The van der Waals surface area contributed by atoms with E-state index in [0.717, 1.165) is 51.4 Å². The fourth-order valence-electron chi connectivity index (χ4n) is 2.68. The summed E-state index contributed by atoms with van der Waals surface area (Å²) in [4.78, 5) is 0. The van der Waals surface area contributed by atoms with Gasteiger partial charge in [0.15, 0.2) is 0 Å². The van der Waals surface area contributed by atoms with Crippen LogP contribution < -0.4 is 10.1 Å². The van der Waals surface area contributed by atoms with E-state index in [0.29, 0.717) is 12.0 Å². The second-order valence-electron chi connectivity index (χ2n) is 5.46. The van der Waals surface area contributed by atoms with Gasteiger partial charge in [-0.2, -0.15) is 0 Å². The molecule has 3 nitrogen and oxygen atoms in total. The monoisotopic (exact) mass is 277 g/mol. The third-order valence-electron chi connectivity index (χ3n) is 3.96. The first-order valence-electron chi connectivity index (χ1n) is 7.87. The minimum absolute atomic E-state index is 0.391. The number of rotatable bonds is 8. The standard InChI is InChI=1S/C17H27NO2/c1-3-10-18-16(15-9-11-19-12-15)13-20-17-8-6-5-7-14(17)4-2/h5-8,15-16,18H,3-4,9-13H2,1-2H3. The molecule has 3 heteroatoms. The summed E-state index contributed by atoms with van der Waals surface area (Å²) in [7, 11) is 0. The average molecular weight is 277 g/mol. The van der Waals surface area contributed by atoms with Crippen molar-refractivity contribution in [2.75, 3.05) is 26.4 Å². The van der Waals surface area contributed by atoms with Gasteiger partial charge in [0.25, 0.3) is 0 Å². The number of hydrogen-bond donors (Lipinski definition) is 1. The van der Waals surface area contributed by atoms with Crippen LogP contribution >= 0.6 is 0 Å². The maximum Gasteiger partial charge on any atom is 0.122 e. The summed E-state index contributed by atoms with van der Waals surface area (Å²) in [5, 5.41) is 3.61. The van der Waals surface area contributed by atoms with Crippen molar-refractivity contribution in [3.8, 4) is 5.75 Å². The first-order chi connectivity index (χ1) is 9.85. The van der Waals surface area contributed by atoms with Crippen molar-refractivity contribution in [2.45, 2.75) is 39.2 Å². The van der Waals surface area contributed by atoms with E-state index in [9.17, 15) is 0 Å². The van der Waals surface area contributed by atoms with E-state index in [-0.39, 0.29) is 0 Å². The van der Waals surface area contributed by atoms with Gasteiger partial charge in [-0.25, -0.2) is 0 Å². The van der Waals surface area contributed by atoms with E-state index in [4.69, 9.17) is 9.47 Å². The molecule has 0 spiro atoms. The Kier molecular flexibility index (Phi) is 6.34. The van der Waals surface area contributed by atoms with Crippen LogP contribution in [0.25, 0.3) is 0 Å². The van der Waals surface area contributed by atoms with E-state index >= 15 is 0 Å². The van der Waals surface area contributed by atoms with Crippen molar-refractivity contribution in [1.82, 2.24) is 5.32 Å². The molecule has 1 aromatic carbocycles. The smallest absolute Gasteiger partial charge is 0.122 e. The summed E-state index contributed by atoms with van der Waals surface area (Å²) in [6.07, 6.45) is 3.30. The molecule has 0 bridgehead atoms. The minimum Gasteiger partial charge on any atom is -0.492 e. The first kappa shape index (κ1) is 15.3. The highest BCUT2D eigenvalue weighted by Gasteiger charge is 2.25. The van der Waals surface area contributed by atoms with Crippen molar-refractivity contribution < 1.29 is 9.47 Å². The Labute approximate surface area is 122 Å². The molecule has 2 atom stereocenters. The van der Waals surface area contributed by atoms with Crippen molar-refractivity contribution in [2.24, 2.45) is 5.92 Å². The fourth-order valence-corrected chi connectivity index (χ4v) is 2.68. The van der Waals surface area contributed by atoms with Crippen molar-refractivity contribution >= 4 is 0 Å². The molecule has 1 heterocycles. The lowest BCUT2D eigenvalue weighted by Crippen LogP contribution is -2.41. The predicted molar refractivity (Wildman–Crippen MR) is 82.3 cm³/mol. The second-order valence-corrected chi connectivity index (χ2v) is 5.46. The van der Waals surface area contributed by atoms with Crippen LogP contribution in [0.15, 0.2) is 24.3 Å². The summed E-state index contributed by atoms with van der Waals surface area (Å²) < 4.78 is 11.6. The van der Waals surface area contributed by atoms with Crippen LogP contribution in [0.3, 0.4) is 0 Å². The largest absolute Gasteiger partial charge is 0.492 e. The number of para-hydroxylation sites is 1. The summed E-state index contributed by atoms with van der Waals surface area (Å²) in [6.45, 7) is 7.88. The molecule has 2 rings (SSSR count). The molecular formula is C17H27NO2. The third-order valence-corrected chi connectivity index (χ3v) is 3.96. The van der Waals surface area contributed by atoms with Crippen LogP contribution in [-0.4, -0.2) is 32.4 Å². The van der Waals surface area contributed by atoms with Gasteiger partial charge in [0, 0.05) is 18.6 Å². The maximum absolute atomic E-state index is 6.08. The van der Waals surface area contributed by atoms with Crippen LogP contribution in [0, 0.1) is 5.92 Å². The Hall–Kier alpha value is -1.06. The highest BCUT2D eigenvalue weighted by Crippen LogP contribution is 2.21. The molecule has 0 saturated carbocycles. The zero-order chi connectivity index (χ0) is 14.2. The molecule has 0 aromatic heterocycles. The third kappa shape index (κ3) is 4.22. The molecule has 0 radical (unpaired) electrons. The van der Waals surface area contributed by atoms with Gasteiger partial charge < -0.3 is 14.8 Å². The van der Waals surface area contributed by atoms with Gasteiger partial charge in [0.05, 0.1) is 6.61 Å². The van der Waals surface area contributed by atoms with Crippen LogP contribution in [0.2, 0.25) is 0 Å². The topological polar surface area (TPSA) is 30.5 Å². The van der Waals surface area contributed by atoms with E-state index in [1.54, 1.807) is 0 Å². The molecule has 1 aromatic rings. The Bertz CT molecular complexity index is 388. The van der Waals surface area contributed by atoms with Crippen LogP contribution in [-0.2, 0) is 11.2 Å². The number of ether oxygens (including phenoxy) is 2. The molecule has 1 saturated heterocycles. The quantitative estimate of drug-likeness (QED) is 0.792. The lowest BCUT2D eigenvalue weighted by atomic mass is 9.99. The molecule has 0 aliphatic carbocycles. The SMILES string of the molecule is CCCNC(COc1ccccc1CC)C1CCOC1. The summed E-state index contributed by atoms with van der Waals surface area (Å²) in [6, 6.07) is 8.72. The predicted octanol–water partition coefficient (Wildman–Crippen LogP) is 3.03. The van der Waals surface area contributed by atoms with Gasteiger partial charge in [0.2, 0.25) is 0 Å². The number of benzene rings is 1. The summed E-state index contributed by atoms with van der Waals surface area (Å²) in [5.74, 6) is 1.60. The molecule has 1 aliphatic heterocycles. The lowest BCUT2D eigenvalue weighted by molar-refractivity contribution is 0.160. The van der Waals surface area contributed by atoms with Gasteiger partial charge in [-0.05, 0) is 37.4 Å². The normalized spacial score (nSPS) is 20.0. The number of nitrogens with one attached hydrogen (secondary N) is 1. The van der Waals surface area contributed by atoms with E-state index in [1.807, 2.05) is 6.07 Å². The van der Waals surface area contributed by atoms with E-state index < -0.39 is 0 Å². The van der Waals surface area contributed by atoms with E-state index in [1.165, 1.54) is 5.56 Å². The van der Waals surface area contributed by atoms with Crippen molar-refractivity contribution in [3.63, 3.8) is 0 Å². The summed E-state index contributed by atoms with van der Waals surface area (Å²) >= 11 is 0. The van der Waals surface area contributed by atoms with Crippen LogP contribution in [0.4, 0.5) is 0 Å². The zero-order valence-corrected chi connectivity index (χ0v) is 12.7. The molecule has 1 fully saturated rings. The molecule has 2 unspecified atom stereocenters. The zero-order valence-electron chi connectivity index (χ0n) is 12.7. The molecule has 1 aliphatic rings. The highest BCUT2D eigenvalue weighted by atomic mass is 16.5. The number of hydrogen-bond acceptors (Lipinski definition) is 3. The van der Waals surface area contributed by atoms with Gasteiger partial charge >= 0.3 is 0 Å². The lowest BCUT2D eigenvalue weighted by Gasteiger charge is -2.24. The molecular weight excluding hydrogens is 250 g/mol. The molecule has 112 valence electrons. The van der Waals surface area contributed by atoms with Crippen LogP contribution in [0.5, 0.6) is 5.75 Å². The Morgan fingerprint density at radius 2 is 2.20 bits per heavy atom. The number of aryl methyl sites for hydroxylation is 1. The van der Waals surface area contributed by atoms with Crippen LogP contribution in [0.1, 0.15) is 32.3 Å². The van der Waals surface area contributed by atoms with Gasteiger partial charge in [0.1, 0.15) is 12.4 Å². The fraction of sp³-hybridized carbons (Fsp3) is 0.647. The Morgan fingerprint density at radius 1 is 1.35 bits per heavy atom. The average Bonchev–Trinajstić information content (AvgIpc) is 3.02. The molecule has 1 N–H and O–H groups in total. The Morgan fingerprint density at radius 3 is 2.90 bits per heavy atom. The second kappa shape index (κ2) is 8.28. The Balaban J connectivity index is 1.93. The summed E-state index contributed by atoms with van der Waals surface area (Å²) in [5.41, 5.74) is 1.28. The van der Waals surface area contributed by atoms with Gasteiger partial charge in [-0.15, -0.1) is 0 Å². The van der Waals surface area contributed by atoms with Crippen molar-refractivity contribution in [3.05, 3.63) is 29.8 Å². The van der Waals surface area contributed by atoms with E-state index in [2.05, 4.69) is 37.4 Å². The van der Waals surface area contributed by atoms with Crippen molar-refractivity contribution in [1.29, 1.82) is 0 Å². The van der Waals surface area contributed by atoms with Gasteiger partial charge in [-0.3, -0.25) is 0 Å². The minimum atomic E-state index is 0.391. The molecule has 20 heavy (non-hydrogen) atoms. The molecule has 0 amide bonds.